The van der Waals surface area contributed by atoms with Crippen molar-refractivity contribution < 1.29 is 22.7 Å². The Morgan fingerprint density at radius 3 is 2.21 bits per heavy atom. The molecule has 2 aromatic carbocycles. The third kappa shape index (κ3) is 7.04. The van der Waals surface area contributed by atoms with Gasteiger partial charge in [-0.1, -0.05) is 23.7 Å². The zero-order valence-corrected chi connectivity index (χ0v) is 21.1. The van der Waals surface area contributed by atoms with Crippen LogP contribution in [0, 0.1) is 11.8 Å². The monoisotopic (exact) mass is 506 g/mol. The van der Waals surface area contributed by atoms with Crippen molar-refractivity contribution >= 4 is 39.2 Å². The molecule has 0 aromatic heterocycles. The van der Waals surface area contributed by atoms with E-state index in [4.69, 9.17) is 16.3 Å². The number of hydrogen-bond acceptors (Lipinski definition) is 5. The maximum absolute atomic E-state index is 13.6. The van der Waals surface area contributed by atoms with Crippen LogP contribution in [0.2, 0.25) is 5.02 Å². The lowest BCUT2D eigenvalue weighted by Crippen LogP contribution is -2.37. The van der Waals surface area contributed by atoms with Gasteiger partial charge in [0, 0.05) is 30.7 Å². The zero-order chi connectivity index (χ0) is 24.7. The minimum Gasteiger partial charge on any atom is -0.466 e. The molecule has 2 aromatic rings. The molecule has 0 radical (unpaired) electrons. The van der Waals surface area contributed by atoms with E-state index in [1.54, 1.807) is 31.2 Å². The lowest BCUT2D eigenvalue weighted by Gasteiger charge is -2.31. The van der Waals surface area contributed by atoms with Crippen molar-refractivity contribution in [3.05, 3.63) is 59.1 Å². The van der Waals surface area contributed by atoms with E-state index in [1.165, 1.54) is 23.4 Å². The Balaban J connectivity index is 1.78. The molecule has 184 valence electrons. The number of esters is 1. The number of nitrogens with one attached hydrogen (secondary N) is 1. The van der Waals surface area contributed by atoms with Gasteiger partial charge in [0.1, 0.15) is 0 Å². The van der Waals surface area contributed by atoms with Crippen molar-refractivity contribution in [3.8, 4) is 0 Å². The zero-order valence-electron chi connectivity index (χ0n) is 19.5. The van der Waals surface area contributed by atoms with Crippen molar-refractivity contribution in [1.82, 2.24) is 4.31 Å². The van der Waals surface area contributed by atoms with Gasteiger partial charge in [0.05, 0.1) is 17.4 Å². The van der Waals surface area contributed by atoms with E-state index >= 15 is 0 Å². The Bertz CT molecular complexity index is 1080. The van der Waals surface area contributed by atoms with Crippen molar-refractivity contribution in [1.29, 1.82) is 0 Å². The van der Waals surface area contributed by atoms with Gasteiger partial charge in [0.25, 0.3) is 0 Å². The smallest absolute Gasteiger partial charge is 0.308 e. The number of sulfonamides is 1. The van der Waals surface area contributed by atoms with Gasteiger partial charge in [0.2, 0.25) is 15.9 Å². The molecule has 0 bridgehead atoms. The summed E-state index contributed by atoms with van der Waals surface area (Å²) < 4.78 is 33.9. The van der Waals surface area contributed by atoms with Crippen LogP contribution in [-0.4, -0.2) is 37.8 Å². The van der Waals surface area contributed by atoms with E-state index < -0.39 is 10.0 Å². The Kier molecular flexibility index (Phi) is 9.10. The Hall–Kier alpha value is -2.42. The first-order chi connectivity index (χ1) is 16.2. The van der Waals surface area contributed by atoms with Gasteiger partial charge in [-0.25, -0.2) is 8.42 Å². The molecule has 1 amide bonds. The van der Waals surface area contributed by atoms with Crippen LogP contribution in [0.15, 0.2) is 53.4 Å². The summed E-state index contributed by atoms with van der Waals surface area (Å²) in [5.74, 6) is -0.352. The molecule has 0 unspecified atom stereocenters. The predicted molar refractivity (Wildman–Crippen MR) is 132 cm³/mol. The first-order valence-corrected chi connectivity index (χ1v) is 13.3. The molecule has 0 atom stereocenters. The second-order valence-electron chi connectivity index (χ2n) is 8.60. The second kappa shape index (κ2) is 11.8. The van der Waals surface area contributed by atoms with E-state index in [0.29, 0.717) is 36.7 Å². The molecule has 1 fully saturated rings. The van der Waals surface area contributed by atoms with Crippen LogP contribution in [0.25, 0.3) is 0 Å². The molecular formula is C25H31ClN2O5S. The maximum atomic E-state index is 13.6. The van der Waals surface area contributed by atoms with Crippen LogP contribution < -0.4 is 5.32 Å². The van der Waals surface area contributed by atoms with Crippen molar-refractivity contribution in [3.63, 3.8) is 0 Å². The largest absolute Gasteiger partial charge is 0.466 e. The second-order valence-corrected chi connectivity index (χ2v) is 11.0. The summed E-state index contributed by atoms with van der Waals surface area (Å²) in [7, 11) is -3.80. The minimum atomic E-state index is -3.80. The average molecular weight is 507 g/mol. The van der Waals surface area contributed by atoms with E-state index in [2.05, 4.69) is 5.32 Å². The molecule has 1 N–H and O–H groups in total. The van der Waals surface area contributed by atoms with E-state index in [-0.39, 0.29) is 35.2 Å². The minimum absolute atomic E-state index is 0.112. The predicted octanol–water partition coefficient (Wildman–Crippen LogP) is 4.86. The number of carbonyl (C=O) groups excluding carboxylic acids is 2. The highest BCUT2D eigenvalue weighted by atomic mass is 35.5. The quantitative estimate of drug-likeness (QED) is 0.490. The van der Waals surface area contributed by atoms with Crippen LogP contribution in [-0.2, 0) is 30.9 Å². The van der Waals surface area contributed by atoms with Crippen molar-refractivity contribution in [2.24, 2.45) is 11.8 Å². The van der Waals surface area contributed by atoms with Gasteiger partial charge in [-0.05, 0) is 80.5 Å². The van der Waals surface area contributed by atoms with Gasteiger partial charge in [0.15, 0.2) is 0 Å². The van der Waals surface area contributed by atoms with Crippen molar-refractivity contribution in [2.75, 3.05) is 18.5 Å². The summed E-state index contributed by atoms with van der Waals surface area (Å²) in [6.45, 7) is 4.13. The summed E-state index contributed by atoms with van der Waals surface area (Å²) >= 11 is 6.00. The molecule has 7 nitrogen and oxygen atoms in total. The first kappa shape index (κ1) is 26.2. The molecule has 0 heterocycles. The molecule has 9 heteroatoms. The topological polar surface area (TPSA) is 92.8 Å². The fraction of sp³-hybridized carbons (Fsp3) is 0.440. The highest BCUT2D eigenvalue weighted by molar-refractivity contribution is 7.89. The number of amides is 1. The summed E-state index contributed by atoms with van der Waals surface area (Å²) in [4.78, 5) is 23.5. The molecule has 0 saturated heterocycles. The van der Waals surface area contributed by atoms with Crippen LogP contribution in [0.5, 0.6) is 0 Å². The third-order valence-corrected chi connectivity index (χ3v) is 8.09. The average Bonchev–Trinajstić information content (AvgIpc) is 2.80. The fourth-order valence-electron chi connectivity index (χ4n) is 4.23. The number of rotatable bonds is 9. The number of hydrogen-bond donors (Lipinski definition) is 1. The summed E-state index contributed by atoms with van der Waals surface area (Å²) in [5, 5.41) is 3.24. The van der Waals surface area contributed by atoms with Gasteiger partial charge >= 0.3 is 5.97 Å². The van der Waals surface area contributed by atoms with E-state index in [0.717, 1.165) is 18.4 Å². The van der Waals surface area contributed by atoms with Crippen LogP contribution in [0.3, 0.4) is 0 Å². The molecule has 0 aliphatic heterocycles. The van der Waals surface area contributed by atoms with Crippen molar-refractivity contribution in [2.45, 2.75) is 51.0 Å². The summed E-state index contributed by atoms with van der Waals surface area (Å²) in [6, 6.07) is 13.3. The van der Waals surface area contributed by atoms with E-state index in [9.17, 15) is 18.0 Å². The van der Waals surface area contributed by atoms with Crippen LogP contribution >= 0.6 is 11.6 Å². The molecule has 1 aliphatic carbocycles. The number of halogens is 1. The highest BCUT2D eigenvalue weighted by Gasteiger charge is 2.32. The Labute approximate surface area is 206 Å². The van der Waals surface area contributed by atoms with Crippen LogP contribution in [0.1, 0.15) is 45.1 Å². The molecule has 3 rings (SSSR count). The first-order valence-electron chi connectivity index (χ1n) is 11.5. The van der Waals surface area contributed by atoms with Gasteiger partial charge < -0.3 is 10.1 Å². The highest BCUT2D eigenvalue weighted by Crippen LogP contribution is 2.32. The molecule has 34 heavy (non-hydrogen) atoms. The summed E-state index contributed by atoms with van der Waals surface area (Å²) in [5.41, 5.74) is 1.37. The lowest BCUT2D eigenvalue weighted by atomic mass is 9.82. The molecular weight excluding hydrogens is 476 g/mol. The van der Waals surface area contributed by atoms with Gasteiger partial charge in [-0.2, -0.15) is 4.31 Å². The maximum Gasteiger partial charge on any atom is 0.308 e. The van der Waals surface area contributed by atoms with Gasteiger partial charge in [-0.3, -0.25) is 9.59 Å². The number of nitrogens with zero attached hydrogens (tertiary/aromatic N) is 1. The molecule has 0 spiro atoms. The SMILES string of the molecule is CCOC(=O)C1CCC(CN(Cc2ccc(Cl)cc2)S(=O)(=O)c2ccc(NC(C)=O)cc2)CC1. The molecule has 1 saturated carbocycles. The van der Waals surface area contributed by atoms with Crippen LogP contribution in [0.4, 0.5) is 5.69 Å². The Morgan fingerprint density at radius 2 is 1.65 bits per heavy atom. The number of carbonyl (C=O) groups is 2. The number of ether oxygens (including phenoxy) is 1. The fourth-order valence-corrected chi connectivity index (χ4v) is 5.86. The third-order valence-electron chi connectivity index (χ3n) is 6.01. The normalized spacial score (nSPS) is 18.5. The Morgan fingerprint density at radius 1 is 1.03 bits per heavy atom. The van der Waals surface area contributed by atoms with Gasteiger partial charge in [-0.15, -0.1) is 0 Å². The lowest BCUT2D eigenvalue weighted by molar-refractivity contribution is -0.149. The number of benzene rings is 2. The number of anilines is 1. The standard InChI is InChI=1S/C25H31ClN2O5S/c1-3-33-25(30)21-8-4-19(5-9-21)16-28(17-20-6-10-22(26)11-7-20)34(31,32)24-14-12-23(13-15-24)27-18(2)29/h6-7,10-15,19,21H,3-5,8-9,16-17H2,1-2H3,(H,27,29). The van der Waals surface area contributed by atoms with E-state index in [1.807, 2.05) is 12.1 Å². The molecule has 1 aliphatic rings. The summed E-state index contributed by atoms with van der Waals surface area (Å²) in [6.07, 6.45) is 2.92.